The van der Waals surface area contributed by atoms with Crippen molar-refractivity contribution in [3.05, 3.63) is 48.3 Å². The standard InChI is InChI=1S/C14H14FN3/c15-12-5-2-1-4-11(12)10-8-17-14(18-9-10)13-6-3-7-16-13/h1-2,4-5,8-9,13,16H,3,6-7H2. The molecule has 2 aromatic rings. The maximum absolute atomic E-state index is 13.6. The smallest absolute Gasteiger partial charge is 0.145 e. The van der Waals surface area contributed by atoms with Crippen LogP contribution in [0, 0.1) is 5.82 Å². The number of nitrogens with one attached hydrogen (secondary N) is 1. The van der Waals surface area contributed by atoms with E-state index in [1.807, 2.05) is 6.07 Å². The second kappa shape index (κ2) is 4.82. The molecular weight excluding hydrogens is 229 g/mol. The van der Waals surface area contributed by atoms with Crippen molar-refractivity contribution in [2.24, 2.45) is 0 Å². The summed E-state index contributed by atoms with van der Waals surface area (Å²) in [7, 11) is 0. The third-order valence-electron chi connectivity index (χ3n) is 3.23. The third-order valence-corrected chi connectivity index (χ3v) is 3.23. The van der Waals surface area contributed by atoms with Gasteiger partial charge in [0.25, 0.3) is 0 Å². The molecule has 92 valence electrons. The number of benzene rings is 1. The highest BCUT2D eigenvalue weighted by molar-refractivity contribution is 5.61. The lowest BCUT2D eigenvalue weighted by Gasteiger charge is -2.09. The van der Waals surface area contributed by atoms with Gasteiger partial charge in [0.1, 0.15) is 11.6 Å². The maximum Gasteiger partial charge on any atom is 0.145 e. The van der Waals surface area contributed by atoms with Crippen LogP contribution < -0.4 is 5.32 Å². The van der Waals surface area contributed by atoms with E-state index in [9.17, 15) is 4.39 Å². The summed E-state index contributed by atoms with van der Waals surface area (Å²) in [5, 5.41) is 3.34. The molecular formula is C14H14FN3. The third kappa shape index (κ3) is 2.11. The van der Waals surface area contributed by atoms with Crippen molar-refractivity contribution >= 4 is 0 Å². The second-order valence-corrected chi connectivity index (χ2v) is 4.46. The van der Waals surface area contributed by atoms with Crippen LogP contribution in [0.15, 0.2) is 36.7 Å². The molecule has 3 nitrogen and oxygen atoms in total. The summed E-state index contributed by atoms with van der Waals surface area (Å²) in [6.45, 7) is 1.02. The molecule has 1 fully saturated rings. The lowest BCUT2D eigenvalue weighted by molar-refractivity contribution is 0.604. The van der Waals surface area contributed by atoms with Gasteiger partial charge < -0.3 is 5.32 Å². The first-order chi connectivity index (χ1) is 8.84. The van der Waals surface area contributed by atoms with E-state index in [4.69, 9.17) is 0 Å². The molecule has 1 atom stereocenters. The molecule has 1 saturated heterocycles. The summed E-state index contributed by atoms with van der Waals surface area (Å²) in [5.41, 5.74) is 1.26. The Bertz CT molecular complexity index is 533. The van der Waals surface area contributed by atoms with Gasteiger partial charge in [0.2, 0.25) is 0 Å². The zero-order valence-electron chi connectivity index (χ0n) is 9.94. The van der Waals surface area contributed by atoms with E-state index < -0.39 is 0 Å². The van der Waals surface area contributed by atoms with Gasteiger partial charge in [-0.25, -0.2) is 14.4 Å². The Balaban J connectivity index is 1.89. The largest absolute Gasteiger partial charge is 0.307 e. The van der Waals surface area contributed by atoms with E-state index in [0.29, 0.717) is 5.56 Å². The number of hydrogen-bond acceptors (Lipinski definition) is 3. The minimum atomic E-state index is -0.243. The summed E-state index contributed by atoms with van der Waals surface area (Å²) < 4.78 is 13.6. The van der Waals surface area contributed by atoms with Gasteiger partial charge >= 0.3 is 0 Å². The molecule has 1 aromatic carbocycles. The van der Waals surface area contributed by atoms with Crippen LogP contribution in [0.2, 0.25) is 0 Å². The molecule has 0 saturated carbocycles. The first kappa shape index (κ1) is 11.3. The molecule has 0 bridgehead atoms. The van der Waals surface area contributed by atoms with Crippen LogP contribution in [0.4, 0.5) is 4.39 Å². The maximum atomic E-state index is 13.6. The Morgan fingerprint density at radius 2 is 1.94 bits per heavy atom. The molecule has 0 spiro atoms. The van der Waals surface area contributed by atoms with Crippen LogP contribution in [-0.2, 0) is 0 Å². The van der Waals surface area contributed by atoms with Crippen LogP contribution in [0.25, 0.3) is 11.1 Å². The van der Waals surface area contributed by atoms with Gasteiger partial charge in [0, 0.05) is 23.5 Å². The normalized spacial score (nSPS) is 19.1. The van der Waals surface area contributed by atoms with Gasteiger partial charge in [0.15, 0.2) is 0 Å². The van der Waals surface area contributed by atoms with E-state index in [2.05, 4.69) is 15.3 Å². The Labute approximate surface area is 105 Å². The molecule has 1 aliphatic heterocycles. The highest BCUT2D eigenvalue weighted by Crippen LogP contribution is 2.23. The quantitative estimate of drug-likeness (QED) is 0.881. The predicted octanol–water partition coefficient (Wildman–Crippen LogP) is 2.71. The average molecular weight is 243 g/mol. The van der Waals surface area contributed by atoms with Crippen molar-refractivity contribution in [3.63, 3.8) is 0 Å². The molecule has 18 heavy (non-hydrogen) atoms. The number of rotatable bonds is 2. The van der Waals surface area contributed by atoms with Crippen LogP contribution in [0.3, 0.4) is 0 Å². The van der Waals surface area contributed by atoms with Crippen LogP contribution in [0.1, 0.15) is 24.7 Å². The Kier molecular flexibility index (Phi) is 3.02. The zero-order valence-corrected chi connectivity index (χ0v) is 9.94. The van der Waals surface area contributed by atoms with Gasteiger partial charge in [-0.2, -0.15) is 0 Å². The fourth-order valence-electron chi connectivity index (χ4n) is 2.26. The summed E-state index contributed by atoms with van der Waals surface area (Å²) in [5.74, 6) is 0.556. The first-order valence-corrected chi connectivity index (χ1v) is 6.15. The summed E-state index contributed by atoms with van der Waals surface area (Å²) >= 11 is 0. The van der Waals surface area contributed by atoms with E-state index in [1.165, 1.54) is 6.07 Å². The SMILES string of the molecule is Fc1ccccc1-c1cnc(C2CCCN2)nc1. The summed E-state index contributed by atoms with van der Waals surface area (Å²) in [6, 6.07) is 6.92. The minimum absolute atomic E-state index is 0.243. The van der Waals surface area contributed by atoms with Gasteiger partial charge in [-0.3, -0.25) is 0 Å². The molecule has 1 aromatic heterocycles. The number of halogens is 1. The Morgan fingerprint density at radius 1 is 1.17 bits per heavy atom. The van der Waals surface area contributed by atoms with E-state index in [-0.39, 0.29) is 11.9 Å². The highest BCUT2D eigenvalue weighted by atomic mass is 19.1. The topological polar surface area (TPSA) is 37.8 Å². The number of hydrogen-bond donors (Lipinski definition) is 1. The molecule has 1 N–H and O–H groups in total. The van der Waals surface area contributed by atoms with Crippen molar-refractivity contribution < 1.29 is 4.39 Å². The highest BCUT2D eigenvalue weighted by Gasteiger charge is 2.18. The molecule has 0 amide bonds. The van der Waals surface area contributed by atoms with E-state index >= 15 is 0 Å². The van der Waals surface area contributed by atoms with Crippen molar-refractivity contribution in [1.29, 1.82) is 0 Å². The van der Waals surface area contributed by atoms with Gasteiger partial charge in [-0.05, 0) is 25.5 Å². The molecule has 1 unspecified atom stereocenters. The molecule has 0 radical (unpaired) electrons. The lowest BCUT2D eigenvalue weighted by atomic mass is 10.1. The minimum Gasteiger partial charge on any atom is -0.307 e. The van der Waals surface area contributed by atoms with Gasteiger partial charge in [0.05, 0.1) is 6.04 Å². The van der Waals surface area contributed by atoms with Crippen molar-refractivity contribution in [2.75, 3.05) is 6.54 Å². The molecule has 0 aliphatic carbocycles. The van der Waals surface area contributed by atoms with Gasteiger partial charge in [-0.15, -0.1) is 0 Å². The predicted molar refractivity (Wildman–Crippen MR) is 67.4 cm³/mol. The van der Waals surface area contributed by atoms with Crippen molar-refractivity contribution in [1.82, 2.24) is 15.3 Å². The van der Waals surface area contributed by atoms with Crippen molar-refractivity contribution in [2.45, 2.75) is 18.9 Å². The Morgan fingerprint density at radius 3 is 2.61 bits per heavy atom. The number of nitrogens with zero attached hydrogens (tertiary/aromatic N) is 2. The van der Waals surface area contributed by atoms with Crippen LogP contribution >= 0.6 is 0 Å². The molecule has 1 aliphatic rings. The number of aromatic nitrogens is 2. The molecule has 3 rings (SSSR count). The summed E-state index contributed by atoms with van der Waals surface area (Å²) in [6.07, 6.45) is 5.61. The monoisotopic (exact) mass is 243 g/mol. The lowest BCUT2D eigenvalue weighted by Crippen LogP contribution is -2.15. The fourth-order valence-corrected chi connectivity index (χ4v) is 2.26. The van der Waals surface area contributed by atoms with Gasteiger partial charge in [-0.1, -0.05) is 18.2 Å². The van der Waals surface area contributed by atoms with E-state index in [1.54, 1.807) is 24.5 Å². The van der Waals surface area contributed by atoms with Crippen LogP contribution in [0.5, 0.6) is 0 Å². The fraction of sp³-hybridized carbons (Fsp3) is 0.286. The molecule has 2 heterocycles. The average Bonchev–Trinajstić information content (AvgIpc) is 2.94. The summed E-state index contributed by atoms with van der Waals surface area (Å²) in [4.78, 5) is 8.68. The zero-order chi connectivity index (χ0) is 12.4. The van der Waals surface area contributed by atoms with E-state index in [0.717, 1.165) is 30.8 Å². The first-order valence-electron chi connectivity index (χ1n) is 6.15. The Hall–Kier alpha value is -1.81. The van der Waals surface area contributed by atoms with Crippen molar-refractivity contribution in [3.8, 4) is 11.1 Å². The van der Waals surface area contributed by atoms with Crippen LogP contribution in [-0.4, -0.2) is 16.5 Å². The molecule has 4 heteroatoms. The second-order valence-electron chi connectivity index (χ2n) is 4.46.